The smallest absolute Gasteiger partial charge is 0.590 e. The van der Waals surface area contributed by atoms with E-state index in [4.69, 9.17) is 0 Å². The van der Waals surface area contributed by atoms with Crippen molar-refractivity contribution in [2.75, 3.05) is 0 Å². The second-order valence-electron chi connectivity index (χ2n) is 12.6. The number of aryl methyl sites for hydroxylation is 2. The molecule has 49 heavy (non-hydrogen) atoms. The van der Waals surface area contributed by atoms with E-state index in [0.717, 1.165) is 25.7 Å². The minimum atomic E-state index is -0.299. The predicted octanol–water partition coefficient (Wildman–Crippen LogP) is 8.85. The Morgan fingerprint density at radius 1 is 0.510 bits per heavy atom. The molecule has 9 heteroatoms. The zero-order valence-corrected chi connectivity index (χ0v) is 30.8. The Morgan fingerprint density at radius 3 is 1.14 bits per heavy atom. The van der Waals surface area contributed by atoms with Gasteiger partial charge in [0.25, 0.3) is 0 Å². The largest absolute Gasteiger partial charge is 2.00 e. The first-order valence-corrected chi connectivity index (χ1v) is 18.0. The molecule has 0 radical (unpaired) electrons. The van der Waals surface area contributed by atoms with E-state index >= 15 is 0 Å². The number of nitrogens with zero attached hydrogens (tertiary/aromatic N) is 4. The summed E-state index contributed by atoms with van der Waals surface area (Å²) in [4.78, 5) is 49.9. The summed E-state index contributed by atoms with van der Waals surface area (Å²) in [7, 11) is 0. The Balaban J connectivity index is 0.000000333. The van der Waals surface area contributed by atoms with Crippen LogP contribution < -0.4 is 21.3 Å². The van der Waals surface area contributed by atoms with Gasteiger partial charge in [-0.2, -0.15) is 0 Å². The molecule has 8 nitrogen and oxygen atoms in total. The topological polar surface area (TPSA) is 106 Å². The van der Waals surface area contributed by atoms with Crippen LogP contribution in [0, 0.1) is 13.8 Å². The van der Waals surface area contributed by atoms with Gasteiger partial charge in [-0.15, -0.1) is 11.4 Å². The van der Waals surface area contributed by atoms with Crippen molar-refractivity contribution in [1.29, 1.82) is 0 Å². The molecule has 2 aromatic carbocycles. The van der Waals surface area contributed by atoms with E-state index in [0.29, 0.717) is 35.6 Å². The number of unbranched alkanes of at least 4 members (excludes halogenated alkanes) is 12. The summed E-state index contributed by atoms with van der Waals surface area (Å²) in [5.74, 6) is -0.151. The number of hydrogen-bond acceptors (Lipinski definition) is 4. The first kappa shape index (κ1) is 41.5. The number of benzene rings is 2. The SMILES string of the molecule is CCCCCCCCCC(=O)c1c(C)[n-]n(-c2ccccc2)c1=O.CCCCCCCCCC(=O)c1c(C)[n-]n(-c2ccccc2)c1=O.[Ni+2]. The van der Waals surface area contributed by atoms with E-state index in [1.807, 2.05) is 60.7 Å². The third-order valence-corrected chi connectivity index (χ3v) is 8.61. The molecule has 0 aliphatic heterocycles. The average Bonchev–Trinajstić information content (AvgIpc) is 3.57. The molecule has 0 amide bonds. The van der Waals surface area contributed by atoms with Crippen molar-refractivity contribution in [3.8, 4) is 11.4 Å². The third-order valence-electron chi connectivity index (χ3n) is 8.61. The van der Waals surface area contributed by atoms with Gasteiger partial charge < -0.3 is 19.6 Å². The minimum Gasteiger partial charge on any atom is -0.590 e. The third kappa shape index (κ3) is 12.9. The summed E-state index contributed by atoms with van der Waals surface area (Å²) >= 11 is 0. The Labute approximate surface area is 302 Å². The molecule has 0 N–H and O–H groups in total. The summed E-state index contributed by atoms with van der Waals surface area (Å²) in [5.41, 5.74) is 2.35. The van der Waals surface area contributed by atoms with E-state index in [-0.39, 0.29) is 50.3 Å². The molecule has 268 valence electrons. The number of ketones is 2. The van der Waals surface area contributed by atoms with Crippen molar-refractivity contribution >= 4 is 11.6 Å². The van der Waals surface area contributed by atoms with Crippen molar-refractivity contribution in [1.82, 2.24) is 19.6 Å². The van der Waals surface area contributed by atoms with Crippen LogP contribution in [0.1, 0.15) is 149 Å². The zero-order chi connectivity index (χ0) is 34.7. The Bertz CT molecular complexity index is 1530. The maximum atomic E-state index is 12.5. The predicted molar refractivity (Wildman–Crippen MR) is 194 cm³/mol. The van der Waals surface area contributed by atoms with Gasteiger partial charge in [-0.3, -0.25) is 19.2 Å². The van der Waals surface area contributed by atoms with Crippen LogP contribution in [0.4, 0.5) is 0 Å². The van der Waals surface area contributed by atoms with Gasteiger partial charge in [-0.25, -0.2) is 0 Å². The minimum absolute atomic E-state index is 0. The van der Waals surface area contributed by atoms with Crippen molar-refractivity contribution in [2.24, 2.45) is 0 Å². The number of rotatable bonds is 20. The first-order valence-electron chi connectivity index (χ1n) is 18.0. The molecule has 0 saturated heterocycles. The van der Waals surface area contributed by atoms with Crippen LogP contribution in [0.15, 0.2) is 70.3 Å². The molecular weight excluding hydrogens is 659 g/mol. The van der Waals surface area contributed by atoms with Gasteiger partial charge in [0.2, 0.25) is 11.1 Å². The molecule has 4 aromatic rings. The van der Waals surface area contributed by atoms with Crippen LogP contribution in [-0.2, 0) is 16.5 Å². The van der Waals surface area contributed by atoms with Gasteiger partial charge in [0, 0.05) is 24.2 Å². The number of Topliss-reactive ketones (excluding diaryl/α,β-unsaturated/α-hetero) is 2. The van der Waals surface area contributed by atoms with Gasteiger partial charge in [0.15, 0.2) is 11.6 Å². The summed E-state index contributed by atoms with van der Waals surface area (Å²) in [6.45, 7) is 7.88. The maximum absolute atomic E-state index is 12.5. The van der Waals surface area contributed by atoms with Crippen molar-refractivity contribution in [3.05, 3.63) is 104 Å². The molecule has 0 atom stereocenters. The second-order valence-corrected chi connectivity index (χ2v) is 12.6. The molecular formula is C40H54N4NiO4. The molecule has 0 aliphatic carbocycles. The summed E-state index contributed by atoms with van der Waals surface area (Å²) in [6, 6.07) is 18.5. The number of para-hydroxylation sites is 2. The van der Waals surface area contributed by atoms with Crippen LogP contribution in [0.3, 0.4) is 0 Å². The number of carbonyl (C=O) groups excluding carboxylic acids is 2. The van der Waals surface area contributed by atoms with E-state index in [2.05, 4.69) is 24.0 Å². The van der Waals surface area contributed by atoms with Crippen LogP contribution >= 0.6 is 0 Å². The molecule has 0 bridgehead atoms. The van der Waals surface area contributed by atoms with Gasteiger partial charge in [0.1, 0.15) is 0 Å². The molecule has 0 unspecified atom stereocenters. The van der Waals surface area contributed by atoms with E-state index in [9.17, 15) is 19.2 Å². The van der Waals surface area contributed by atoms with E-state index in [1.165, 1.54) is 73.6 Å². The summed E-state index contributed by atoms with van der Waals surface area (Å²) in [5, 5.41) is 8.53. The van der Waals surface area contributed by atoms with E-state index < -0.39 is 0 Å². The zero-order valence-electron chi connectivity index (χ0n) is 29.8. The monoisotopic (exact) mass is 712 g/mol. The van der Waals surface area contributed by atoms with Gasteiger partial charge >= 0.3 is 16.5 Å². The number of carbonyl (C=O) groups is 2. The van der Waals surface area contributed by atoms with Crippen LogP contribution in [-0.4, -0.2) is 20.9 Å². The molecule has 0 aliphatic rings. The first-order chi connectivity index (χ1) is 23.3. The standard InChI is InChI=1S/2C20H28N2O2.Ni/c2*1-3-4-5-6-7-8-12-15-18(23)19-16(2)21-22(20(19)24)17-13-10-9-11-14-17;/h2*9-11,13-14H,3-8,12,15H2,1-2H3,(H,21,23,24);/q;;+2/p-2. The van der Waals surface area contributed by atoms with Crippen LogP contribution in [0.5, 0.6) is 0 Å². The summed E-state index contributed by atoms with van der Waals surface area (Å²) < 4.78 is 2.65. The fraction of sp³-hybridized carbons (Fsp3) is 0.500. The van der Waals surface area contributed by atoms with Crippen molar-refractivity contribution in [2.45, 2.75) is 130 Å². The Kier molecular flexibility index (Phi) is 19.3. The molecule has 0 fully saturated rings. The molecule has 2 heterocycles. The fourth-order valence-electron chi connectivity index (χ4n) is 5.88. The molecule has 0 saturated carbocycles. The van der Waals surface area contributed by atoms with Gasteiger partial charge in [-0.1, -0.05) is 141 Å². The Hall–Kier alpha value is -3.71. The van der Waals surface area contributed by atoms with Crippen molar-refractivity contribution < 1.29 is 26.1 Å². The van der Waals surface area contributed by atoms with Crippen LogP contribution in [0.25, 0.3) is 11.4 Å². The maximum Gasteiger partial charge on any atom is 2.00 e. The number of hydrogen-bond donors (Lipinski definition) is 0. The van der Waals surface area contributed by atoms with Crippen molar-refractivity contribution in [3.63, 3.8) is 0 Å². The average molecular weight is 714 g/mol. The fourth-order valence-corrected chi connectivity index (χ4v) is 5.88. The number of aromatic nitrogens is 4. The van der Waals surface area contributed by atoms with Gasteiger partial charge in [-0.05, 0) is 37.1 Å². The quantitative estimate of drug-likeness (QED) is 0.0515. The normalized spacial score (nSPS) is 10.7. The van der Waals surface area contributed by atoms with E-state index in [1.54, 1.807) is 13.8 Å². The molecule has 2 aromatic heterocycles. The second kappa shape index (κ2) is 22.8. The molecule has 4 rings (SSSR count). The van der Waals surface area contributed by atoms with Crippen LogP contribution in [0.2, 0.25) is 0 Å². The molecule has 0 spiro atoms. The summed E-state index contributed by atoms with van der Waals surface area (Å²) in [6.07, 6.45) is 17.1. The Morgan fingerprint density at radius 2 is 0.816 bits per heavy atom. The van der Waals surface area contributed by atoms with Gasteiger partial charge in [0.05, 0.1) is 11.1 Å².